The first-order valence-corrected chi connectivity index (χ1v) is 7.68. The predicted octanol–water partition coefficient (Wildman–Crippen LogP) is 3.65. The van der Waals surface area contributed by atoms with Gasteiger partial charge < -0.3 is 5.32 Å². The van der Waals surface area contributed by atoms with Gasteiger partial charge in [0.1, 0.15) is 0 Å². The van der Waals surface area contributed by atoms with E-state index in [1.807, 2.05) is 48.0 Å². The van der Waals surface area contributed by atoms with Crippen LogP contribution in [0.2, 0.25) is 0 Å². The van der Waals surface area contributed by atoms with E-state index in [9.17, 15) is 4.79 Å². The summed E-state index contributed by atoms with van der Waals surface area (Å²) in [5, 5.41) is 7.63. The topological polar surface area (TPSA) is 46.9 Å². The Balaban J connectivity index is 1.94. The molecule has 1 N–H and O–H groups in total. The van der Waals surface area contributed by atoms with E-state index in [1.165, 1.54) is 5.56 Å². The standard InChI is InChI=1S/C19H17N3O/c1-12-6-5-8-15(10-12)22-17-11-14-7-3-4-9-16(14)20-19(23)18(17)13(2)21-22/h3-10H,11H2,1-2H3,(H,20,23). The molecule has 0 spiro atoms. The van der Waals surface area contributed by atoms with E-state index in [1.54, 1.807) is 0 Å². The molecular formula is C19H17N3O. The third-order valence-electron chi connectivity index (χ3n) is 4.25. The number of hydrogen-bond donors (Lipinski definition) is 1. The Hall–Kier alpha value is -2.88. The van der Waals surface area contributed by atoms with Crippen LogP contribution in [0.3, 0.4) is 0 Å². The third kappa shape index (κ3) is 2.23. The van der Waals surface area contributed by atoms with Crippen LogP contribution in [0.1, 0.15) is 32.9 Å². The number of amides is 1. The Kier molecular flexibility index (Phi) is 3.05. The molecule has 23 heavy (non-hydrogen) atoms. The Morgan fingerprint density at radius 2 is 1.91 bits per heavy atom. The van der Waals surface area contributed by atoms with Crippen molar-refractivity contribution in [2.24, 2.45) is 0 Å². The van der Waals surface area contributed by atoms with Crippen molar-refractivity contribution in [3.8, 4) is 5.69 Å². The second-order valence-electron chi connectivity index (χ2n) is 5.95. The van der Waals surface area contributed by atoms with Gasteiger partial charge in [0.15, 0.2) is 0 Å². The number of benzene rings is 2. The van der Waals surface area contributed by atoms with Crippen molar-refractivity contribution in [1.82, 2.24) is 9.78 Å². The van der Waals surface area contributed by atoms with Crippen molar-refractivity contribution in [3.05, 3.63) is 76.6 Å². The van der Waals surface area contributed by atoms with Gasteiger partial charge in [-0.1, -0.05) is 30.3 Å². The predicted molar refractivity (Wildman–Crippen MR) is 90.2 cm³/mol. The summed E-state index contributed by atoms with van der Waals surface area (Å²) < 4.78 is 1.90. The van der Waals surface area contributed by atoms with Crippen LogP contribution in [0.4, 0.5) is 5.69 Å². The van der Waals surface area contributed by atoms with Crippen LogP contribution in [0.25, 0.3) is 5.69 Å². The zero-order valence-electron chi connectivity index (χ0n) is 13.1. The van der Waals surface area contributed by atoms with Crippen LogP contribution in [-0.4, -0.2) is 15.7 Å². The lowest BCUT2D eigenvalue weighted by Crippen LogP contribution is -2.12. The first-order valence-electron chi connectivity index (χ1n) is 7.68. The summed E-state index contributed by atoms with van der Waals surface area (Å²) in [4.78, 5) is 12.6. The fourth-order valence-corrected chi connectivity index (χ4v) is 3.17. The lowest BCUT2D eigenvalue weighted by Gasteiger charge is -2.09. The number of anilines is 1. The summed E-state index contributed by atoms with van der Waals surface area (Å²) in [5.41, 5.74) is 6.52. The highest BCUT2D eigenvalue weighted by Gasteiger charge is 2.26. The van der Waals surface area contributed by atoms with Crippen molar-refractivity contribution in [1.29, 1.82) is 0 Å². The number of aromatic nitrogens is 2. The average Bonchev–Trinajstić information content (AvgIpc) is 2.77. The van der Waals surface area contributed by atoms with Gasteiger partial charge in [0.25, 0.3) is 5.91 Å². The molecule has 1 aliphatic heterocycles. The highest BCUT2D eigenvalue weighted by atomic mass is 16.1. The maximum absolute atomic E-state index is 12.6. The van der Waals surface area contributed by atoms with Crippen molar-refractivity contribution >= 4 is 11.6 Å². The first-order chi connectivity index (χ1) is 11.1. The number of rotatable bonds is 1. The molecule has 0 fully saturated rings. The molecule has 0 atom stereocenters. The number of carbonyl (C=O) groups excluding carboxylic acids is 1. The van der Waals surface area contributed by atoms with Crippen LogP contribution in [0.5, 0.6) is 0 Å². The lowest BCUT2D eigenvalue weighted by atomic mass is 10.1. The quantitative estimate of drug-likeness (QED) is 0.746. The summed E-state index contributed by atoms with van der Waals surface area (Å²) in [7, 11) is 0. The molecule has 1 amide bonds. The van der Waals surface area contributed by atoms with Crippen LogP contribution >= 0.6 is 0 Å². The van der Waals surface area contributed by atoms with Gasteiger partial charge in [0.2, 0.25) is 0 Å². The molecule has 3 aromatic rings. The van der Waals surface area contributed by atoms with Gasteiger partial charge in [-0.25, -0.2) is 4.68 Å². The maximum Gasteiger partial charge on any atom is 0.259 e. The average molecular weight is 303 g/mol. The van der Waals surface area contributed by atoms with E-state index in [-0.39, 0.29) is 5.91 Å². The third-order valence-corrected chi connectivity index (χ3v) is 4.25. The number of aryl methyl sites for hydroxylation is 2. The van der Waals surface area contributed by atoms with E-state index in [0.29, 0.717) is 12.0 Å². The SMILES string of the molecule is Cc1cccc(-n2nc(C)c3c2Cc2ccccc2NC3=O)c1. The summed E-state index contributed by atoms with van der Waals surface area (Å²) in [6, 6.07) is 16.1. The number of carbonyl (C=O) groups is 1. The van der Waals surface area contributed by atoms with Crippen molar-refractivity contribution in [2.45, 2.75) is 20.3 Å². The fraction of sp³-hybridized carbons (Fsp3) is 0.158. The van der Waals surface area contributed by atoms with E-state index < -0.39 is 0 Å². The molecule has 114 valence electrons. The molecular weight excluding hydrogens is 286 g/mol. The first kappa shape index (κ1) is 13.8. The highest BCUT2D eigenvalue weighted by Crippen LogP contribution is 2.29. The number of fused-ring (bicyclic) bond motifs is 2. The van der Waals surface area contributed by atoms with E-state index in [4.69, 9.17) is 0 Å². The van der Waals surface area contributed by atoms with Crippen LogP contribution in [-0.2, 0) is 6.42 Å². The van der Waals surface area contributed by atoms with Gasteiger partial charge in [-0.3, -0.25) is 4.79 Å². The Morgan fingerprint density at radius 3 is 2.74 bits per heavy atom. The van der Waals surface area contributed by atoms with Crippen LogP contribution in [0, 0.1) is 13.8 Å². The summed E-state index contributed by atoms with van der Waals surface area (Å²) in [6.07, 6.45) is 0.680. The summed E-state index contributed by atoms with van der Waals surface area (Å²) in [6.45, 7) is 3.95. The molecule has 0 unspecified atom stereocenters. The van der Waals surface area contributed by atoms with Crippen LogP contribution < -0.4 is 5.32 Å². The molecule has 4 nitrogen and oxygen atoms in total. The Labute approximate surface area is 134 Å². The highest BCUT2D eigenvalue weighted by molar-refractivity contribution is 6.07. The van der Waals surface area contributed by atoms with Crippen LogP contribution in [0.15, 0.2) is 48.5 Å². The van der Waals surface area contributed by atoms with Crippen molar-refractivity contribution in [3.63, 3.8) is 0 Å². The lowest BCUT2D eigenvalue weighted by molar-refractivity contribution is 0.102. The van der Waals surface area contributed by atoms with Gasteiger partial charge in [0, 0.05) is 12.1 Å². The Morgan fingerprint density at radius 1 is 1.09 bits per heavy atom. The summed E-state index contributed by atoms with van der Waals surface area (Å²) >= 11 is 0. The monoisotopic (exact) mass is 303 g/mol. The molecule has 2 heterocycles. The van der Waals surface area contributed by atoms with Crippen molar-refractivity contribution < 1.29 is 4.79 Å². The smallest absolute Gasteiger partial charge is 0.259 e. The van der Waals surface area contributed by atoms with E-state index >= 15 is 0 Å². The molecule has 0 saturated carbocycles. The van der Waals surface area contributed by atoms with Gasteiger partial charge in [-0.05, 0) is 43.2 Å². The number of hydrogen-bond acceptors (Lipinski definition) is 2. The van der Waals surface area contributed by atoms with Gasteiger partial charge in [-0.2, -0.15) is 5.10 Å². The Bertz CT molecular complexity index is 924. The number of para-hydroxylation sites is 1. The zero-order valence-corrected chi connectivity index (χ0v) is 13.1. The molecule has 0 aliphatic carbocycles. The normalized spacial score (nSPS) is 13.0. The minimum Gasteiger partial charge on any atom is -0.322 e. The minimum absolute atomic E-state index is 0.0821. The molecule has 0 saturated heterocycles. The van der Waals surface area contributed by atoms with Gasteiger partial charge in [0.05, 0.1) is 22.6 Å². The number of nitrogens with zero attached hydrogens (tertiary/aromatic N) is 2. The summed E-state index contributed by atoms with van der Waals surface area (Å²) in [5.74, 6) is -0.0821. The van der Waals surface area contributed by atoms with Gasteiger partial charge in [-0.15, -0.1) is 0 Å². The molecule has 1 aromatic heterocycles. The second kappa shape index (κ2) is 5.09. The molecule has 4 rings (SSSR count). The zero-order chi connectivity index (χ0) is 16.0. The maximum atomic E-state index is 12.6. The fourth-order valence-electron chi connectivity index (χ4n) is 3.17. The van der Waals surface area contributed by atoms with E-state index in [0.717, 1.165) is 28.3 Å². The molecule has 1 aliphatic rings. The largest absolute Gasteiger partial charge is 0.322 e. The minimum atomic E-state index is -0.0821. The second-order valence-corrected chi connectivity index (χ2v) is 5.95. The van der Waals surface area contributed by atoms with Crippen molar-refractivity contribution in [2.75, 3.05) is 5.32 Å². The number of nitrogens with one attached hydrogen (secondary N) is 1. The molecule has 4 heteroatoms. The molecule has 0 radical (unpaired) electrons. The van der Waals surface area contributed by atoms with Gasteiger partial charge >= 0.3 is 0 Å². The molecule has 2 aromatic carbocycles. The molecule has 0 bridgehead atoms. The van der Waals surface area contributed by atoms with E-state index in [2.05, 4.69) is 29.5 Å².